The van der Waals surface area contributed by atoms with Crippen molar-refractivity contribution in [3.63, 3.8) is 0 Å². The first kappa shape index (κ1) is 23.6. The molecule has 34 heavy (non-hydrogen) atoms. The number of Topliss-reactive ketones (excluding diaryl/α,β-unsaturated/α-hetero) is 1. The molecule has 1 aliphatic rings. The quantitative estimate of drug-likeness (QED) is 0.247. The number of carbonyl (C=O) groups is 1. The first-order chi connectivity index (χ1) is 16.1. The van der Waals surface area contributed by atoms with Crippen molar-refractivity contribution in [3.05, 3.63) is 75.7 Å². The second-order valence-electron chi connectivity index (χ2n) is 9.60. The molecule has 0 unspecified atom stereocenters. The van der Waals surface area contributed by atoms with E-state index in [0.29, 0.717) is 22.9 Å². The average Bonchev–Trinajstić information content (AvgIpc) is 2.78. The van der Waals surface area contributed by atoms with Gasteiger partial charge >= 0.3 is 5.63 Å². The van der Waals surface area contributed by atoms with Crippen molar-refractivity contribution >= 4 is 22.8 Å². The number of ketones is 1. The highest BCUT2D eigenvalue weighted by Gasteiger charge is 2.35. The van der Waals surface area contributed by atoms with Crippen LogP contribution in [-0.4, -0.2) is 16.5 Å². The molecule has 1 aliphatic heterocycles. The van der Waals surface area contributed by atoms with E-state index in [1.165, 1.54) is 11.6 Å². The zero-order valence-electron chi connectivity index (χ0n) is 20.3. The van der Waals surface area contributed by atoms with Crippen LogP contribution in [-0.2, 0) is 0 Å². The molecule has 0 saturated heterocycles. The Morgan fingerprint density at radius 2 is 1.88 bits per heavy atom. The fourth-order valence-electron chi connectivity index (χ4n) is 4.32. The maximum atomic E-state index is 13.3. The van der Waals surface area contributed by atoms with Crippen LogP contribution < -0.4 is 10.4 Å². The molecule has 3 aromatic rings. The minimum absolute atomic E-state index is 0.126. The van der Waals surface area contributed by atoms with Gasteiger partial charge in [-0.3, -0.25) is 4.79 Å². The van der Waals surface area contributed by atoms with Crippen molar-refractivity contribution in [1.29, 1.82) is 0 Å². The van der Waals surface area contributed by atoms with E-state index in [2.05, 4.69) is 6.08 Å². The van der Waals surface area contributed by atoms with Crippen molar-refractivity contribution in [2.45, 2.75) is 53.1 Å². The molecule has 0 aliphatic carbocycles. The number of hydrogen-bond donors (Lipinski definition) is 1. The number of hydrogen-bond acceptors (Lipinski definition) is 5. The Balaban J connectivity index is 2.02. The van der Waals surface area contributed by atoms with E-state index < -0.39 is 11.2 Å². The van der Waals surface area contributed by atoms with E-state index in [0.717, 1.165) is 12.0 Å². The van der Waals surface area contributed by atoms with Gasteiger partial charge < -0.3 is 14.3 Å². The van der Waals surface area contributed by atoms with Crippen LogP contribution in [0, 0.1) is 5.92 Å². The number of allylic oxidation sites excluding steroid dienone is 2. The third-order valence-electron chi connectivity index (χ3n) is 6.14. The van der Waals surface area contributed by atoms with Gasteiger partial charge in [-0.25, -0.2) is 4.79 Å². The Labute approximate surface area is 199 Å². The number of phenols is 1. The van der Waals surface area contributed by atoms with E-state index in [-0.39, 0.29) is 34.3 Å². The first-order valence-electron chi connectivity index (χ1n) is 11.6. The minimum Gasteiger partial charge on any atom is -0.506 e. The summed E-state index contributed by atoms with van der Waals surface area (Å²) in [6.07, 6.45) is 7.41. The second-order valence-corrected chi connectivity index (χ2v) is 9.60. The van der Waals surface area contributed by atoms with Gasteiger partial charge in [0.1, 0.15) is 22.7 Å². The maximum absolute atomic E-state index is 13.3. The Morgan fingerprint density at radius 3 is 2.53 bits per heavy atom. The van der Waals surface area contributed by atoms with Crippen LogP contribution in [0.4, 0.5) is 0 Å². The second kappa shape index (κ2) is 8.98. The maximum Gasteiger partial charge on any atom is 0.336 e. The number of phenolic OH excluding ortho intramolecular Hbond substituents is 1. The smallest absolute Gasteiger partial charge is 0.336 e. The van der Waals surface area contributed by atoms with Crippen molar-refractivity contribution in [3.8, 4) is 22.6 Å². The Kier molecular flexibility index (Phi) is 6.22. The molecule has 0 spiro atoms. The average molecular weight is 459 g/mol. The monoisotopic (exact) mass is 458 g/mol. The zero-order valence-corrected chi connectivity index (χ0v) is 20.3. The number of aromatic hydroxyl groups is 1. The lowest BCUT2D eigenvalue weighted by Gasteiger charge is -2.33. The largest absolute Gasteiger partial charge is 0.506 e. The summed E-state index contributed by atoms with van der Waals surface area (Å²) < 4.78 is 12.0. The molecule has 2 aromatic carbocycles. The third kappa shape index (κ3) is 4.30. The molecule has 5 heteroatoms. The van der Waals surface area contributed by atoms with Crippen LogP contribution in [0.25, 0.3) is 28.2 Å². The predicted octanol–water partition coefficient (Wildman–Crippen LogP) is 6.92. The highest BCUT2D eigenvalue weighted by Crippen LogP contribution is 2.48. The molecule has 2 heterocycles. The number of benzene rings is 2. The predicted molar refractivity (Wildman–Crippen MR) is 135 cm³/mol. The van der Waals surface area contributed by atoms with E-state index in [1.54, 1.807) is 13.8 Å². The van der Waals surface area contributed by atoms with E-state index in [1.807, 2.05) is 63.3 Å². The fourth-order valence-corrected chi connectivity index (χ4v) is 4.32. The molecule has 176 valence electrons. The van der Waals surface area contributed by atoms with Crippen LogP contribution in [0.2, 0.25) is 0 Å². The summed E-state index contributed by atoms with van der Waals surface area (Å²) in [6.45, 7) is 9.62. The number of ether oxygens (including phenoxy) is 1. The molecule has 0 radical (unpaired) electrons. The molecular weight excluding hydrogens is 428 g/mol. The van der Waals surface area contributed by atoms with E-state index in [9.17, 15) is 14.7 Å². The van der Waals surface area contributed by atoms with Crippen LogP contribution in [0.5, 0.6) is 11.5 Å². The fraction of sp³-hybridized carbons (Fsp3) is 0.310. The summed E-state index contributed by atoms with van der Waals surface area (Å²) in [6, 6.07) is 10.6. The standard InChI is InChI=1S/C29H30O5/c1-17(2)10-9-14-29(5)15-13-20-27-23(26(32)24(28(20)34-29)25(31)18(3)4)21(16-22(30)33-27)19-11-7-6-8-12-19/h6-8,10-13,15-16,18,32H,9,14H2,1-5H3/t29-/m1/s1. The molecular formula is C29H30O5. The highest BCUT2D eigenvalue weighted by molar-refractivity contribution is 6.13. The number of fused-ring (bicyclic) bond motifs is 3. The lowest BCUT2D eigenvalue weighted by Crippen LogP contribution is -2.33. The van der Waals surface area contributed by atoms with Crippen LogP contribution in [0.1, 0.15) is 63.4 Å². The van der Waals surface area contributed by atoms with Gasteiger partial charge in [0.05, 0.1) is 10.9 Å². The van der Waals surface area contributed by atoms with Gasteiger partial charge in [-0.2, -0.15) is 0 Å². The summed E-state index contributed by atoms with van der Waals surface area (Å²) >= 11 is 0. The summed E-state index contributed by atoms with van der Waals surface area (Å²) in [7, 11) is 0. The lowest BCUT2D eigenvalue weighted by molar-refractivity contribution is 0.0914. The van der Waals surface area contributed by atoms with Crippen LogP contribution in [0.3, 0.4) is 0 Å². The van der Waals surface area contributed by atoms with Gasteiger partial charge in [-0.15, -0.1) is 0 Å². The van der Waals surface area contributed by atoms with Crippen LogP contribution >= 0.6 is 0 Å². The third-order valence-corrected chi connectivity index (χ3v) is 6.14. The zero-order chi connectivity index (χ0) is 24.6. The molecule has 0 bridgehead atoms. The van der Waals surface area contributed by atoms with Gasteiger partial charge in [0.2, 0.25) is 0 Å². The molecule has 1 atom stereocenters. The SMILES string of the molecule is CC(C)=CCC[C@]1(C)C=Cc2c(c(C(=O)C(C)C)c(O)c3c(-c4ccccc4)cc(=O)oc23)O1. The van der Waals surface area contributed by atoms with Crippen molar-refractivity contribution in [2.75, 3.05) is 0 Å². The van der Waals surface area contributed by atoms with Crippen molar-refractivity contribution in [2.24, 2.45) is 5.92 Å². The normalized spacial score (nSPS) is 16.9. The summed E-state index contributed by atoms with van der Waals surface area (Å²) in [5.74, 6) is -0.561. The van der Waals surface area contributed by atoms with E-state index >= 15 is 0 Å². The summed E-state index contributed by atoms with van der Waals surface area (Å²) in [4.78, 5) is 25.9. The van der Waals surface area contributed by atoms with Gasteiger partial charge in [-0.1, -0.05) is 55.8 Å². The highest BCUT2D eigenvalue weighted by atomic mass is 16.5. The lowest BCUT2D eigenvalue weighted by atomic mass is 9.88. The first-order valence-corrected chi connectivity index (χ1v) is 11.6. The molecule has 1 aromatic heterocycles. The molecule has 4 rings (SSSR count). The van der Waals surface area contributed by atoms with Gasteiger partial charge in [0.15, 0.2) is 11.4 Å². The number of carbonyl (C=O) groups excluding carboxylic acids is 1. The molecule has 5 nitrogen and oxygen atoms in total. The molecule has 1 N–H and O–H groups in total. The van der Waals surface area contributed by atoms with Gasteiger partial charge in [0, 0.05) is 17.5 Å². The molecule has 0 saturated carbocycles. The van der Waals surface area contributed by atoms with Crippen molar-refractivity contribution in [1.82, 2.24) is 0 Å². The summed E-state index contributed by atoms with van der Waals surface area (Å²) in [5, 5.41) is 11.8. The van der Waals surface area contributed by atoms with Crippen molar-refractivity contribution < 1.29 is 19.1 Å². The van der Waals surface area contributed by atoms with Gasteiger partial charge in [0.25, 0.3) is 0 Å². The van der Waals surface area contributed by atoms with Gasteiger partial charge in [-0.05, 0) is 51.3 Å². The minimum atomic E-state index is -0.678. The summed E-state index contributed by atoms with van der Waals surface area (Å²) in [5.41, 5.74) is 2.08. The van der Waals surface area contributed by atoms with Crippen LogP contribution in [0.15, 0.2) is 63.3 Å². The topological polar surface area (TPSA) is 76.7 Å². The Bertz CT molecular complexity index is 1370. The Morgan fingerprint density at radius 1 is 1.18 bits per heavy atom. The Hall–Kier alpha value is -3.60. The number of rotatable bonds is 6. The molecule has 0 fully saturated rings. The van der Waals surface area contributed by atoms with E-state index in [4.69, 9.17) is 9.15 Å². The molecule has 0 amide bonds.